The minimum atomic E-state index is 0.0769. The van der Waals surface area contributed by atoms with Crippen molar-refractivity contribution in [3.05, 3.63) is 24.3 Å². The Morgan fingerprint density at radius 3 is 2.61 bits per heavy atom. The number of thioether (sulfide) groups is 1. The number of hydrogen-bond donors (Lipinski definition) is 1. The summed E-state index contributed by atoms with van der Waals surface area (Å²) in [4.78, 5) is 12.5. The Morgan fingerprint density at radius 1 is 1.25 bits per heavy atom. The Balaban J connectivity index is 1.68. The van der Waals surface area contributed by atoms with Gasteiger partial charge in [-0.05, 0) is 56.9 Å². The molecule has 1 aliphatic carbocycles. The van der Waals surface area contributed by atoms with Crippen LogP contribution in [0.25, 0.3) is 11.4 Å². The number of methoxy groups -OCH3 is 1. The summed E-state index contributed by atoms with van der Waals surface area (Å²) < 4.78 is 7.32. The average molecular weight is 403 g/mol. The normalized spacial score (nSPS) is 19.6. The van der Waals surface area contributed by atoms with Crippen LogP contribution in [0.3, 0.4) is 0 Å². The summed E-state index contributed by atoms with van der Waals surface area (Å²) >= 11 is 1.45. The lowest BCUT2D eigenvalue weighted by atomic mass is 9.86. The second-order valence-corrected chi connectivity index (χ2v) is 8.67. The Hall–Kier alpha value is -2.02. The van der Waals surface area contributed by atoms with Gasteiger partial charge >= 0.3 is 0 Å². The molecule has 1 amide bonds. The molecule has 28 heavy (non-hydrogen) atoms. The first kappa shape index (κ1) is 20.7. The van der Waals surface area contributed by atoms with Crippen LogP contribution < -0.4 is 10.1 Å². The van der Waals surface area contributed by atoms with Crippen molar-refractivity contribution < 1.29 is 9.53 Å². The number of hydrogen-bond acceptors (Lipinski definition) is 5. The third kappa shape index (κ3) is 4.87. The number of carbonyl (C=O) groups excluding carboxylic acids is 1. The van der Waals surface area contributed by atoms with E-state index in [1.807, 2.05) is 24.3 Å². The molecule has 3 rings (SSSR count). The maximum atomic E-state index is 12.5. The van der Waals surface area contributed by atoms with E-state index in [0.29, 0.717) is 17.7 Å². The zero-order valence-electron chi connectivity index (χ0n) is 17.1. The number of amides is 1. The number of aromatic nitrogens is 3. The third-order valence-electron chi connectivity index (χ3n) is 5.32. The molecule has 0 unspecified atom stereocenters. The second-order valence-electron chi connectivity index (χ2n) is 7.72. The number of benzene rings is 1. The number of ether oxygens (including phenoxy) is 1. The van der Waals surface area contributed by atoms with Crippen LogP contribution in [0.2, 0.25) is 0 Å². The van der Waals surface area contributed by atoms with Crippen molar-refractivity contribution in [2.75, 3.05) is 12.9 Å². The van der Waals surface area contributed by atoms with E-state index in [4.69, 9.17) is 4.74 Å². The molecule has 152 valence electrons. The van der Waals surface area contributed by atoms with Crippen molar-refractivity contribution in [2.45, 2.75) is 63.7 Å². The van der Waals surface area contributed by atoms with Crippen LogP contribution in [-0.2, 0) is 4.79 Å². The van der Waals surface area contributed by atoms with Crippen LogP contribution in [0.5, 0.6) is 5.75 Å². The topological polar surface area (TPSA) is 69.0 Å². The summed E-state index contributed by atoms with van der Waals surface area (Å²) in [6, 6.07) is 8.29. The fourth-order valence-corrected chi connectivity index (χ4v) is 4.57. The number of carbonyl (C=O) groups is 1. The minimum Gasteiger partial charge on any atom is -0.497 e. The first-order valence-corrected chi connectivity index (χ1v) is 11.0. The number of nitrogens with one attached hydrogen (secondary N) is 1. The lowest BCUT2D eigenvalue weighted by Gasteiger charge is -2.29. The van der Waals surface area contributed by atoms with Gasteiger partial charge in [0, 0.05) is 17.6 Å². The van der Waals surface area contributed by atoms with Crippen LogP contribution in [0.4, 0.5) is 0 Å². The molecule has 1 aromatic heterocycles. The standard InChI is InChI=1S/C21H30N4O2S/c1-14(2)25-20(16-9-11-17(27-4)12-10-16)23-24-21(25)28-13-19(26)22-18-8-6-5-7-15(18)3/h9-12,14-15,18H,5-8,13H2,1-4H3,(H,22,26)/t15-,18-/m1/s1. The maximum absolute atomic E-state index is 12.5. The molecule has 0 saturated heterocycles. The monoisotopic (exact) mass is 402 g/mol. The number of nitrogens with zero attached hydrogens (tertiary/aromatic N) is 3. The van der Waals surface area contributed by atoms with Crippen molar-refractivity contribution in [3.63, 3.8) is 0 Å². The van der Waals surface area contributed by atoms with E-state index in [1.54, 1.807) is 7.11 Å². The van der Waals surface area contributed by atoms with Gasteiger partial charge < -0.3 is 10.1 Å². The van der Waals surface area contributed by atoms with Crippen molar-refractivity contribution in [2.24, 2.45) is 5.92 Å². The third-order valence-corrected chi connectivity index (χ3v) is 6.26. The van der Waals surface area contributed by atoms with Gasteiger partial charge in [-0.25, -0.2) is 0 Å². The summed E-state index contributed by atoms with van der Waals surface area (Å²) in [6.45, 7) is 6.43. The van der Waals surface area contributed by atoms with Gasteiger partial charge in [-0.3, -0.25) is 9.36 Å². The van der Waals surface area contributed by atoms with E-state index < -0.39 is 0 Å². The van der Waals surface area contributed by atoms with E-state index in [9.17, 15) is 4.79 Å². The highest BCUT2D eigenvalue weighted by atomic mass is 32.2. The fraction of sp³-hybridized carbons (Fsp3) is 0.571. The predicted molar refractivity (Wildman–Crippen MR) is 113 cm³/mol. The van der Waals surface area contributed by atoms with Crippen LogP contribution in [0.1, 0.15) is 52.5 Å². The molecule has 6 nitrogen and oxygen atoms in total. The molecule has 0 radical (unpaired) electrons. The van der Waals surface area contributed by atoms with E-state index >= 15 is 0 Å². The van der Waals surface area contributed by atoms with E-state index in [1.165, 1.54) is 31.0 Å². The highest BCUT2D eigenvalue weighted by molar-refractivity contribution is 7.99. The summed E-state index contributed by atoms with van der Waals surface area (Å²) in [5.41, 5.74) is 0.981. The van der Waals surface area contributed by atoms with Crippen LogP contribution >= 0.6 is 11.8 Å². The summed E-state index contributed by atoms with van der Waals surface area (Å²) in [5.74, 6) is 2.61. The maximum Gasteiger partial charge on any atom is 0.230 e. The summed E-state index contributed by atoms with van der Waals surface area (Å²) in [6.07, 6.45) is 4.76. The van der Waals surface area contributed by atoms with Gasteiger partial charge in [0.15, 0.2) is 11.0 Å². The lowest BCUT2D eigenvalue weighted by molar-refractivity contribution is -0.119. The van der Waals surface area contributed by atoms with Gasteiger partial charge in [0.1, 0.15) is 5.75 Å². The number of rotatable bonds is 7. The lowest BCUT2D eigenvalue weighted by Crippen LogP contribution is -2.41. The Morgan fingerprint density at radius 2 is 1.96 bits per heavy atom. The van der Waals surface area contributed by atoms with Gasteiger partial charge in [0.05, 0.1) is 12.9 Å². The Bertz CT molecular complexity index is 788. The van der Waals surface area contributed by atoms with E-state index in [2.05, 4.69) is 40.9 Å². The molecule has 1 N–H and O–H groups in total. The summed E-state index contributed by atoms with van der Waals surface area (Å²) in [5, 5.41) is 12.7. The van der Waals surface area contributed by atoms with Crippen LogP contribution in [0.15, 0.2) is 29.4 Å². The molecule has 1 aliphatic rings. The Kier molecular flexibility index (Phi) is 6.99. The van der Waals surface area contributed by atoms with Crippen LogP contribution in [-0.4, -0.2) is 39.6 Å². The molecule has 7 heteroatoms. The van der Waals surface area contributed by atoms with E-state index in [0.717, 1.165) is 28.7 Å². The quantitative estimate of drug-likeness (QED) is 0.699. The van der Waals surface area contributed by atoms with E-state index in [-0.39, 0.29) is 11.9 Å². The minimum absolute atomic E-state index is 0.0769. The van der Waals surface area contributed by atoms with Crippen molar-refractivity contribution >= 4 is 17.7 Å². The fourth-order valence-electron chi connectivity index (χ4n) is 3.69. The van der Waals surface area contributed by atoms with Gasteiger partial charge in [0.25, 0.3) is 0 Å². The van der Waals surface area contributed by atoms with Gasteiger partial charge in [-0.15, -0.1) is 10.2 Å². The van der Waals surface area contributed by atoms with Crippen LogP contribution in [0, 0.1) is 5.92 Å². The molecule has 0 spiro atoms. The molecular weight excluding hydrogens is 372 g/mol. The first-order chi connectivity index (χ1) is 13.5. The van der Waals surface area contributed by atoms with Crippen molar-refractivity contribution in [1.82, 2.24) is 20.1 Å². The molecule has 1 heterocycles. The van der Waals surface area contributed by atoms with Gasteiger partial charge in [-0.2, -0.15) is 0 Å². The molecule has 2 aromatic rings. The molecule has 0 bridgehead atoms. The smallest absolute Gasteiger partial charge is 0.230 e. The van der Waals surface area contributed by atoms with Crippen molar-refractivity contribution in [3.8, 4) is 17.1 Å². The van der Waals surface area contributed by atoms with Gasteiger partial charge in [0.2, 0.25) is 5.91 Å². The second kappa shape index (κ2) is 9.45. The highest BCUT2D eigenvalue weighted by Gasteiger charge is 2.23. The highest BCUT2D eigenvalue weighted by Crippen LogP contribution is 2.29. The molecule has 0 aliphatic heterocycles. The predicted octanol–water partition coefficient (Wildman–Crippen LogP) is 4.32. The average Bonchev–Trinajstić information content (AvgIpc) is 3.12. The zero-order valence-corrected chi connectivity index (χ0v) is 18.0. The molecule has 1 fully saturated rings. The Labute approximate surface area is 171 Å². The zero-order chi connectivity index (χ0) is 20.1. The first-order valence-electron chi connectivity index (χ1n) is 10.0. The molecule has 1 aromatic carbocycles. The molecule has 1 saturated carbocycles. The van der Waals surface area contributed by atoms with Crippen molar-refractivity contribution in [1.29, 1.82) is 0 Å². The molecular formula is C21H30N4O2S. The van der Waals surface area contributed by atoms with Gasteiger partial charge in [-0.1, -0.05) is 31.5 Å². The SMILES string of the molecule is COc1ccc(-c2nnc(SCC(=O)N[C@@H]3CCCC[C@H]3C)n2C(C)C)cc1. The molecule has 2 atom stereocenters. The largest absolute Gasteiger partial charge is 0.497 e. The summed E-state index contributed by atoms with van der Waals surface area (Å²) in [7, 11) is 1.65.